The van der Waals surface area contributed by atoms with Crippen molar-refractivity contribution < 1.29 is 4.74 Å². The number of fused-ring (bicyclic) bond motifs is 1. The number of ether oxygens (including phenoxy) is 1. The van der Waals surface area contributed by atoms with Crippen LogP contribution in [0.15, 0.2) is 29.1 Å². The predicted molar refractivity (Wildman–Crippen MR) is 132 cm³/mol. The van der Waals surface area contributed by atoms with E-state index in [0.717, 1.165) is 66.6 Å². The Morgan fingerprint density at radius 3 is 2.79 bits per heavy atom. The second kappa shape index (κ2) is 10.4. The van der Waals surface area contributed by atoms with Crippen LogP contribution < -0.4 is 5.56 Å². The molecule has 0 bridgehead atoms. The molecule has 2 unspecified atom stereocenters. The number of tetrazole rings is 1. The molecule has 8 nitrogen and oxygen atoms in total. The number of aromatic nitrogens is 5. The van der Waals surface area contributed by atoms with Crippen molar-refractivity contribution in [3.8, 4) is 0 Å². The standard InChI is InChI=1S/C26H36N6O2/c1-3-24(25-28-29-30-32(25)17-22-10-7-13-34-22)31(21-8-5-4-6-9-21)16-20-15-19-12-11-18(2)14-23(19)27-26(20)33/h11-12,14-15,21-22,24H,3-10,13,16-17H2,1-2H3,(H,27,33). The first-order chi connectivity index (χ1) is 16.6. The van der Waals surface area contributed by atoms with Gasteiger partial charge < -0.3 is 9.72 Å². The number of aromatic amines is 1. The summed E-state index contributed by atoms with van der Waals surface area (Å²) in [6.45, 7) is 6.34. The summed E-state index contributed by atoms with van der Waals surface area (Å²) in [4.78, 5) is 18.7. The van der Waals surface area contributed by atoms with Gasteiger partial charge in [-0.3, -0.25) is 9.69 Å². The van der Waals surface area contributed by atoms with Crippen LogP contribution in [0.1, 0.15) is 81.3 Å². The molecule has 0 amide bonds. The van der Waals surface area contributed by atoms with Gasteiger partial charge in [-0.25, -0.2) is 4.68 Å². The smallest absolute Gasteiger partial charge is 0.252 e. The third-order valence-corrected chi connectivity index (χ3v) is 7.52. The SMILES string of the molecule is CCC(c1nnnn1CC1CCCO1)N(Cc1cc2ccc(C)cc2[nH]c1=O)C1CCCCC1. The molecule has 2 fully saturated rings. The summed E-state index contributed by atoms with van der Waals surface area (Å²) in [5.74, 6) is 0.886. The van der Waals surface area contributed by atoms with E-state index >= 15 is 0 Å². The van der Waals surface area contributed by atoms with Crippen molar-refractivity contribution in [3.05, 3.63) is 51.6 Å². The monoisotopic (exact) mass is 464 g/mol. The summed E-state index contributed by atoms with van der Waals surface area (Å²) >= 11 is 0. The van der Waals surface area contributed by atoms with Gasteiger partial charge in [0.05, 0.1) is 18.7 Å². The fraction of sp³-hybridized carbons (Fsp3) is 0.615. The van der Waals surface area contributed by atoms with E-state index in [4.69, 9.17) is 4.74 Å². The van der Waals surface area contributed by atoms with Crippen LogP contribution in [-0.2, 0) is 17.8 Å². The van der Waals surface area contributed by atoms with Gasteiger partial charge in [0.1, 0.15) is 0 Å². The van der Waals surface area contributed by atoms with Gasteiger partial charge in [-0.2, -0.15) is 0 Å². The summed E-state index contributed by atoms with van der Waals surface area (Å²) < 4.78 is 7.79. The molecule has 1 aliphatic heterocycles. The molecule has 2 atom stereocenters. The molecule has 8 heteroatoms. The fourth-order valence-electron chi connectivity index (χ4n) is 5.71. The van der Waals surface area contributed by atoms with Crippen molar-refractivity contribution in [1.29, 1.82) is 0 Å². The number of H-pyrrole nitrogens is 1. The summed E-state index contributed by atoms with van der Waals surface area (Å²) in [5, 5.41) is 13.9. The number of hydrogen-bond acceptors (Lipinski definition) is 6. The molecule has 182 valence electrons. The lowest BCUT2D eigenvalue weighted by Crippen LogP contribution is -2.41. The van der Waals surface area contributed by atoms with Gasteiger partial charge in [0.25, 0.3) is 5.56 Å². The molecule has 1 saturated carbocycles. The van der Waals surface area contributed by atoms with Gasteiger partial charge in [-0.15, -0.1) is 5.10 Å². The van der Waals surface area contributed by atoms with Crippen LogP contribution in [0.2, 0.25) is 0 Å². The number of aryl methyl sites for hydroxylation is 1. The van der Waals surface area contributed by atoms with E-state index in [1.54, 1.807) is 0 Å². The Balaban J connectivity index is 1.48. The lowest BCUT2D eigenvalue weighted by atomic mass is 9.92. The van der Waals surface area contributed by atoms with Gasteiger partial charge in [0.2, 0.25) is 0 Å². The molecule has 0 radical (unpaired) electrons. The summed E-state index contributed by atoms with van der Waals surface area (Å²) in [6.07, 6.45) is 9.24. The Morgan fingerprint density at radius 2 is 2.03 bits per heavy atom. The number of rotatable bonds is 8. The normalized spacial score (nSPS) is 20.4. The Hall–Kier alpha value is -2.58. The maximum atomic E-state index is 13.1. The average Bonchev–Trinajstić information content (AvgIpc) is 3.53. The zero-order chi connectivity index (χ0) is 23.5. The number of hydrogen-bond donors (Lipinski definition) is 1. The maximum absolute atomic E-state index is 13.1. The predicted octanol–water partition coefficient (Wildman–Crippen LogP) is 4.29. The van der Waals surface area contributed by atoms with Crippen LogP contribution in [0.5, 0.6) is 0 Å². The van der Waals surface area contributed by atoms with Crippen molar-refractivity contribution in [2.45, 2.75) is 96.5 Å². The molecule has 2 aromatic heterocycles. The topological polar surface area (TPSA) is 88.9 Å². The van der Waals surface area contributed by atoms with Crippen LogP contribution in [0.3, 0.4) is 0 Å². The third kappa shape index (κ3) is 4.93. The Kier molecular flexibility index (Phi) is 7.06. The van der Waals surface area contributed by atoms with Gasteiger partial charge in [-0.1, -0.05) is 38.3 Å². The Labute approximate surface area is 200 Å². The minimum absolute atomic E-state index is 0.00675. The number of nitrogens with one attached hydrogen (secondary N) is 1. The summed E-state index contributed by atoms with van der Waals surface area (Å²) in [6, 6.07) is 8.75. The Morgan fingerprint density at radius 1 is 1.18 bits per heavy atom. The van der Waals surface area contributed by atoms with Gasteiger partial charge in [0.15, 0.2) is 5.82 Å². The zero-order valence-corrected chi connectivity index (χ0v) is 20.4. The lowest BCUT2D eigenvalue weighted by Gasteiger charge is -2.39. The van der Waals surface area contributed by atoms with Crippen molar-refractivity contribution in [3.63, 3.8) is 0 Å². The number of pyridine rings is 1. The van der Waals surface area contributed by atoms with Gasteiger partial charge >= 0.3 is 0 Å². The van der Waals surface area contributed by atoms with E-state index in [2.05, 4.69) is 50.5 Å². The molecule has 3 heterocycles. The number of benzene rings is 1. The molecule has 34 heavy (non-hydrogen) atoms. The van der Waals surface area contributed by atoms with Crippen molar-refractivity contribution >= 4 is 10.9 Å². The first-order valence-electron chi connectivity index (χ1n) is 12.9. The highest BCUT2D eigenvalue weighted by Gasteiger charge is 2.32. The van der Waals surface area contributed by atoms with E-state index in [1.165, 1.54) is 19.3 Å². The molecule has 0 spiro atoms. The molecule has 3 aromatic rings. The summed E-state index contributed by atoms with van der Waals surface area (Å²) in [5.41, 5.74) is 2.83. The zero-order valence-electron chi connectivity index (χ0n) is 20.4. The maximum Gasteiger partial charge on any atom is 0.252 e. The minimum Gasteiger partial charge on any atom is -0.376 e. The second-order valence-electron chi connectivity index (χ2n) is 9.96. The molecule has 1 aromatic carbocycles. The van der Waals surface area contributed by atoms with E-state index in [1.807, 2.05) is 17.7 Å². The second-order valence-corrected chi connectivity index (χ2v) is 9.96. The van der Waals surface area contributed by atoms with E-state index in [0.29, 0.717) is 19.1 Å². The van der Waals surface area contributed by atoms with E-state index in [9.17, 15) is 4.79 Å². The van der Waals surface area contributed by atoms with Crippen LogP contribution in [0, 0.1) is 6.92 Å². The van der Waals surface area contributed by atoms with Crippen LogP contribution in [0.4, 0.5) is 0 Å². The number of nitrogens with zero attached hydrogens (tertiary/aromatic N) is 5. The lowest BCUT2D eigenvalue weighted by molar-refractivity contribution is 0.0734. The molecule has 5 rings (SSSR count). The average molecular weight is 465 g/mol. The molecular weight excluding hydrogens is 428 g/mol. The van der Waals surface area contributed by atoms with Crippen molar-refractivity contribution in [1.82, 2.24) is 30.1 Å². The molecular formula is C26H36N6O2. The first kappa shape index (κ1) is 23.2. The highest BCUT2D eigenvalue weighted by molar-refractivity contribution is 5.79. The largest absolute Gasteiger partial charge is 0.376 e. The highest BCUT2D eigenvalue weighted by atomic mass is 16.5. The van der Waals surface area contributed by atoms with Crippen LogP contribution in [0.25, 0.3) is 10.9 Å². The van der Waals surface area contributed by atoms with E-state index < -0.39 is 0 Å². The quantitative estimate of drug-likeness (QED) is 0.535. The fourth-order valence-corrected chi connectivity index (χ4v) is 5.71. The Bertz CT molecular complexity index is 1160. The van der Waals surface area contributed by atoms with Gasteiger partial charge in [0, 0.05) is 30.3 Å². The molecule has 1 saturated heterocycles. The van der Waals surface area contributed by atoms with Gasteiger partial charge in [-0.05, 0) is 72.5 Å². The van der Waals surface area contributed by atoms with Crippen molar-refractivity contribution in [2.24, 2.45) is 0 Å². The van der Waals surface area contributed by atoms with E-state index in [-0.39, 0.29) is 17.7 Å². The van der Waals surface area contributed by atoms with Crippen LogP contribution >= 0.6 is 0 Å². The minimum atomic E-state index is -0.00675. The van der Waals surface area contributed by atoms with Crippen LogP contribution in [-0.4, -0.2) is 48.8 Å². The molecule has 2 aliphatic rings. The molecule has 1 aliphatic carbocycles. The third-order valence-electron chi connectivity index (χ3n) is 7.52. The highest BCUT2D eigenvalue weighted by Crippen LogP contribution is 2.33. The first-order valence-corrected chi connectivity index (χ1v) is 12.9. The summed E-state index contributed by atoms with van der Waals surface area (Å²) in [7, 11) is 0. The molecule has 1 N–H and O–H groups in total. The van der Waals surface area contributed by atoms with Crippen molar-refractivity contribution in [2.75, 3.05) is 6.61 Å².